The molecule has 0 aliphatic rings. The van der Waals surface area contributed by atoms with Crippen LogP contribution in [0.15, 0.2) is 54.9 Å². The lowest BCUT2D eigenvalue weighted by Gasteiger charge is -2.12. The molecule has 1 aromatic heterocycles. The molecule has 3 aromatic rings. The summed E-state index contributed by atoms with van der Waals surface area (Å²) in [6.07, 6.45) is 1.36. The van der Waals surface area contributed by atoms with E-state index in [4.69, 9.17) is 15.2 Å². The zero-order valence-corrected chi connectivity index (χ0v) is 14.4. The van der Waals surface area contributed by atoms with E-state index in [1.807, 2.05) is 0 Å². The fourth-order valence-corrected chi connectivity index (χ4v) is 2.24. The first-order valence-electron chi connectivity index (χ1n) is 7.87. The third kappa shape index (κ3) is 3.89. The monoisotopic (exact) mass is 350 g/mol. The Morgan fingerprint density at radius 2 is 1.65 bits per heavy atom. The summed E-state index contributed by atoms with van der Waals surface area (Å²) >= 11 is 0. The van der Waals surface area contributed by atoms with Gasteiger partial charge in [0.1, 0.15) is 23.5 Å². The van der Waals surface area contributed by atoms with Gasteiger partial charge in [-0.3, -0.25) is 4.79 Å². The van der Waals surface area contributed by atoms with Crippen molar-refractivity contribution in [1.29, 1.82) is 0 Å². The molecule has 7 nitrogen and oxygen atoms in total. The van der Waals surface area contributed by atoms with E-state index in [-0.39, 0.29) is 17.4 Å². The molecule has 3 rings (SSSR count). The Bertz CT molecular complexity index is 909. The average molecular weight is 350 g/mol. The van der Waals surface area contributed by atoms with Crippen molar-refractivity contribution in [3.05, 3.63) is 60.4 Å². The van der Waals surface area contributed by atoms with Gasteiger partial charge in [0.15, 0.2) is 11.6 Å². The van der Waals surface area contributed by atoms with Gasteiger partial charge in [-0.1, -0.05) is 0 Å². The summed E-state index contributed by atoms with van der Waals surface area (Å²) in [5, 5.41) is 3.10. The van der Waals surface area contributed by atoms with Crippen molar-refractivity contribution in [2.24, 2.45) is 0 Å². The van der Waals surface area contributed by atoms with E-state index in [9.17, 15) is 4.79 Å². The molecule has 26 heavy (non-hydrogen) atoms. The fourth-order valence-electron chi connectivity index (χ4n) is 2.24. The summed E-state index contributed by atoms with van der Waals surface area (Å²) in [5.74, 6) is 1.97. The predicted molar refractivity (Wildman–Crippen MR) is 99.2 cm³/mol. The highest BCUT2D eigenvalue weighted by Gasteiger charge is 2.11. The number of rotatable bonds is 6. The number of aromatic nitrogens is 2. The Hall–Kier alpha value is -3.61. The van der Waals surface area contributed by atoms with Gasteiger partial charge < -0.3 is 20.5 Å². The highest BCUT2D eigenvalue weighted by Crippen LogP contribution is 2.31. The molecule has 0 radical (unpaired) electrons. The van der Waals surface area contributed by atoms with Crippen LogP contribution in [0.25, 0.3) is 0 Å². The maximum atomic E-state index is 11.3. The maximum absolute atomic E-state index is 11.3. The molecule has 0 saturated heterocycles. The number of nitrogens with zero attached hydrogens (tertiary/aromatic N) is 2. The zero-order chi connectivity index (χ0) is 18.5. The number of nitrogens with two attached hydrogens (primary N) is 1. The van der Waals surface area contributed by atoms with Gasteiger partial charge >= 0.3 is 0 Å². The van der Waals surface area contributed by atoms with Gasteiger partial charge in [-0.2, -0.15) is 4.98 Å². The SMILES string of the molecule is COc1ccc(Oc2ncnc(Nc3ccc(C(C)=O)cc3)c2N)cc1. The first kappa shape index (κ1) is 17.2. The Morgan fingerprint density at radius 1 is 1.00 bits per heavy atom. The van der Waals surface area contributed by atoms with Crippen molar-refractivity contribution in [3.63, 3.8) is 0 Å². The van der Waals surface area contributed by atoms with Crippen molar-refractivity contribution >= 4 is 23.0 Å². The minimum Gasteiger partial charge on any atom is -0.497 e. The van der Waals surface area contributed by atoms with Crippen LogP contribution in [-0.2, 0) is 0 Å². The molecule has 3 N–H and O–H groups in total. The highest BCUT2D eigenvalue weighted by molar-refractivity contribution is 5.94. The Kier molecular flexibility index (Phi) is 4.98. The summed E-state index contributed by atoms with van der Waals surface area (Å²) in [7, 11) is 1.60. The Labute approximate surface area is 150 Å². The topological polar surface area (TPSA) is 99.4 Å². The van der Waals surface area contributed by atoms with Gasteiger partial charge in [-0.15, -0.1) is 0 Å². The molecule has 0 unspecified atom stereocenters. The molecule has 2 aromatic carbocycles. The second kappa shape index (κ2) is 7.52. The van der Waals surface area contributed by atoms with E-state index < -0.39 is 0 Å². The van der Waals surface area contributed by atoms with Crippen LogP contribution in [0, 0.1) is 0 Å². The molecule has 0 aliphatic heterocycles. The van der Waals surface area contributed by atoms with Crippen LogP contribution >= 0.6 is 0 Å². The molecule has 0 bridgehead atoms. The first-order valence-corrected chi connectivity index (χ1v) is 7.87. The summed E-state index contributed by atoms with van der Waals surface area (Å²) in [6, 6.07) is 14.1. The Morgan fingerprint density at radius 3 is 2.27 bits per heavy atom. The molecule has 0 fully saturated rings. The summed E-state index contributed by atoms with van der Waals surface area (Å²) < 4.78 is 10.8. The second-order valence-corrected chi connectivity index (χ2v) is 5.48. The third-order valence-electron chi connectivity index (χ3n) is 3.68. The van der Waals surface area contributed by atoms with Crippen LogP contribution in [0.3, 0.4) is 0 Å². The minimum atomic E-state index is 0.00766. The molecule has 0 spiro atoms. The summed E-state index contributed by atoms with van der Waals surface area (Å²) in [4.78, 5) is 19.6. The number of nitrogens with one attached hydrogen (secondary N) is 1. The summed E-state index contributed by atoms with van der Waals surface area (Å²) in [6.45, 7) is 1.52. The van der Waals surface area contributed by atoms with E-state index in [2.05, 4.69) is 15.3 Å². The number of methoxy groups -OCH3 is 1. The van der Waals surface area contributed by atoms with E-state index >= 15 is 0 Å². The number of ether oxygens (including phenoxy) is 2. The fraction of sp³-hybridized carbons (Fsp3) is 0.105. The lowest BCUT2D eigenvalue weighted by molar-refractivity contribution is 0.101. The van der Waals surface area contributed by atoms with Crippen LogP contribution in [0.5, 0.6) is 17.4 Å². The third-order valence-corrected chi connectivity index (χ3v) is 3.68. The molecule has 0 atom stereocenters. The molecule has 0 amide bonds. The van der Waals surface area contributed by atoms with Crippen molar-refractivity contribution in [1.82, 2.24) is 9.97 Å². The number of anilines is 3. The van der Waals surface area contributed by atoms with Crippen molar-refractivity contribution in [2.75, 3.05) is 18.2 Å². The van der Waals surface area contributed by atoms with E-state index in [0.717, 1.165) is 11.4 Å². The number of carbonyl (C=O) groups excluding carboxylic acids is 1. The van der Waals surface area contributed by atoms with Gasteiger partial charge in [-0.05, 0) is 55.5 Å². The maximum Gasteiger partial charge on any atom is 0.248 e. The molecule has 0 saturated carbocycles. The van der Waals surface area contributed by atoms with Gasteiger partial charge in [0, 0.05) is 11.3 Å². The lowest BCUT2D eigenvalue weighted by Crippen LogP contribution is -2.03. The molecule has 7 heteroatoms. The number of benzene rings is 2. The normalized spacial score (nSPS) is 10.2. The molecule has 0 aliphatic carbocycles. The van der Waals surface area contributed by atoms with Gasteiger partial charge in [0.25, 0.3) is 0 Å². The molecular formula is C19H18N4O3. The van der Waals surface area contributed by atoms with Gasteiger partial charge in [0.05, 0.1) is 7.11 Å². The van der Waals surface area contributed by atoms with Crippen molar-refractivity contribution < 1.29 is 14.3 Å². The van der Waals surface area contributed by atoms with Crippen LogP contribution in [0.4, 0.5) is 17.2 Å². The van der Waals surface area contributed by atoms with E-state index in [1.54, 1.807) is 55.6 Å². The Balaban J connectivity index is 1.78. The minimum absolute atomic E-state index is 0.00766. The number of hydrogen-bond acceptors (Lipinski definition) is 7. The van der Waals surface area contributed by atoms with Crippen LogP contribution < -0.4 is 20.5 Å². The molecular weight excluding hydrogens is 332 g/mol. The highest BCUT2D eigenvalue weighted by atomic mass is 16.5. The quantitative estimate of drug-likeness (QED) is 0.652. The second-order valence-electron chi connectivity index (χ2n) is 5.48. The van der Waals surface area contributed by atoms with Gasteiger partial charge in [-0.25, -0.2) is 4.98 Å². The van der Waals surface area contributed by atoms with Crippen LogP contribution in [0.2, 0.25) is 0 Å². The molecule has 132 valence electrons. The lowest BCUT2D eigenvalue weighted by atomic mass is 10.1. The van der Waals surface area contributed by atoms with Crippen molar-refractivity contribution in [3.8, 4) is 17.4 Å². The van der Waals surface area contributed by atoms with E-state index in [1.165, 1.54) is 13.3 Å². The smallest absolute Gasteiger partial charge is 0.248 e. The summed E-state index contributed by atoms with van der Waals surface area (Å²) in [5.41, 5.74) is 7.78. The number of hydrogen-bond donors (Lipinski definition) is 2. The first-order chi connectivity index (χ1) is 12.6. The average Bonchev–Trinajstić information content (AvgIpc) is 2.66. The molecule has 1 heterocycles. The number of carbonyl (C=O) groups is 1. The predicted octanol–water partition coefficient (Wildman–Crippen LogP) is 3.81. The number of ketones is 1. The largest absolute Gasteiger partial charge is 0.497 e. The number of nitrogen functional groups attached to an aromatic ring is 1. The number of Topliss-reactive ketones (excluding diaryl/α,β-unsaturated/α-hetero) is 1. The van der Waals surface area contributed by atoms with Crippen molar-refractivity contribution in [2.45, 2.75) is 6.92 Å². The van der Waals surface area contributed by atoms with Gasteiger partial charge in [0.2, 0.25) is 5.88 Å². The van der Waals surface area contributed by atoms with Crippen LogP contribution in [0.1, 0.15) is 17.3 Å². The standard InChI is InChI=1S/C19H18N4O3/c1-12(24)13-3-5-14(6-4-13)23-18-17(20)19(22-11-21-18)26-16-9-7-15(25-2)8-10-16/h3-11H,20H2,1-2H3,(H,21,22,23). The zero-order valence-electron chi connectivity index (χ0n) is 14.4. The van der Waals surface area contributed by atoms with E-state index in [0.29, 0.717) is 17.1 Å². The van der Waals surface area contributed by atoms with Crippen LogP contribution in [-0.4, -0.2) is 22.9 Å².